The highest BCUT2D eigenvalue weighted by Crippen LogP contribution is 2.65. The Balaban J connectivity index is 2.44. The van der Waals surface area contributed by atoms with Crippen LogP contribution in [0.5, 0.6) is 0 Å². The predicted octanol–water partition coefficient (Wildman–Crippen LogP) is 1.16. The lowest BCUT2D eigenvalue weighted by Gasteiger charge is -2.36. The van der Waals surface area contributed by atoms with Gasteiger partial charge in [-0.05, 0) is 24.2 Å². The van der Waals surface area contributed by atoms with Gasteiger partial charge in [-0.25, -0.2) is 0 Å². The smallest absolute Gasteiger partial charge is 0.0860 e. The SMILES string of the molecule is CC1(C)C2CC[C@@]1(C)[C@@H](O)[C@@H]2O. The molecule has 2 saturated carbocycles. The van der Waals surface area contributed by atoms with Crippen molar-refractivity contribution in [2.24, 2.45) is 16.7 Å². The van der Waals surface area contributed by atoms with Gasteiger partial charge in [0.1, 0.15) is 0 Å². The molecule has 2 nitrogen and oxygen atoms in total. The normalized spacial score (nSPS) is 56.2. The minimum atomic E-state index is -0.508. The first-order valence-electron chi connectivity index (χ1n) is 4.77. The molecule has 2 bridgehead atoms. The maximum absolute atomic E-state index is 9.83. The van der Waals surface area contributed by atoms with E-state index in [0.29, 0.717) is 5.92 Å². The van der Waals surface area contributed by atoms with Gasteiger partial charge in [0.15, 0.2) is 0 Å². The van der Waals surface area contributed by atoms with E-state index in [2.05, 4.69) is 20.8 Å². The van der Waals surface area contributed by atoms with Gasteiger partial charge in [-0.3, -0.25) is 0 Å². The van der Waals surface area contributed by atoms with E-state index in [1.54, 1.807) is 0 Å². The molecular weight excluding hydrogens is 152 g/mol. The zero-order valence-electron chi connectivity index (χ0n) is 8.04. The molecule has 4 atom stereocenters. The quantitative estimate of drug-likeness (QED) is 0.573. The Morgan fingerprint density at radius 1 is 1.17 bits per heavy atom. The van der Waals surface area contributed by atoms with Gasteiger partial charge in [0.2, 0.25) is 0 Å². The molecule has 2 rings (SSSR count). The van der Waals surface area contributed by atoms with E-state index in [-0.39, 0.29) is 10.8 Å². The number of hydrogen-bond acceptors (Lipinski definition) is 2. The van der Waals surface area contributed by atoms with Gasteiger partial charge >= 0.3 is 0 Å². The summed E-state index contributed by atoms with van der Waals surface area (Å²) in [6.45, 7) is 6.45. The highest BCUT2D eigenvalue weighted by Gasteiger charge is 2.65. The molecule has 0 heterocycles. The lowest BCUT2D eigenvalue weighted by atomic mass is 9.70. The summed E-state index contributed by atoms with van der Waals surface area (Å²) in [6.07, 6.45) is 1.13. The fraction of sp³-hybridized carbons (Fsp3) is 1.00. The van der Waals surface area contributed by atoms with Crippen LogP contribution in [0.3, 0.4) is 0 Å². The molecular formula is C10H18O2. The average Bonchev–Trinajstić information content (AvgIpc) is 2.26. The molecule has 0 aromatic carbocycles. The lowest BCUT2D eigenvalue weighted by molar-refractivity contribution is -0.0508. The van der Waals surface area contributed by atoms with Crippen molar-refractivity contribution in [3.8, 4) is 0 Å². The molecule has 70 valence electrons. The highest BCUT2D eigenvalue weighted by atomic mass is 16.3. The van der Waals surface area contributed by atoms with Gasteiger partial charge < -0.3 is 10.2 Å². The van der Waals surface area contributed by atoms with E-state index in [1.807, 2.05) is 0 Å². The number of aliphatic hydroxyl groups excluding tert-OH is 2. The number of hydrogen-bond donors (Lipinski definition) is 2. The van der Waals surface area contributed by atoms with E-state index in [1.165, 1.54) is 0 Å². The van der Waals surface area contributed by atoms with Crippen LogP contribution in [0.4, 0.5) is 0 Å². The number of rotatable bonds is 0. The Kier molecular flexibility index (Phi) is 1.45. The van der Waals surface area contributed by atoms with Crippen molar-refractivity contribution in [3.63, 3.8) is 0 Å². The lowest BCUT2D eigenvalue weighted by Crippen LogP contribution is -2.39. The third-order valence-electron chi connectivity index (χ3n) is 4.76. The molecule has 0 spiro atoms. The second-order valence-corrected chi connectivity index (χ2v) is 5.22. The van der Waals surface area contributed by atoms with Gasteiger partial charge in [-0.15, -0.1) is 0 Å². The molecule has 0 saturated heterocycles. The monoisotopic (exact) mass is 170 g/mol. The molecule has 2 aliphatic rings. The second kappa shape index (κ2) is 2.05. The Bertz CT molecular complexity index is 212. The first-order chi connectivity index (χ1) is 5.41. The van der Waals surface area contributed by atoms with Gasteiger partial charge in [0.25, 0.3) is 0 Å². The number of fused-ring (bicyclic) bond motifs is 2. The third kappa shape index (κ3) is 0.647. The molecule has 0 radical (unpaired) electrons. The molecule has 12 heavy (non-hydrogen) atoms. The molecule has 2 heteroatoms. The van der Waals surface area contributed by atoms with Crippen LogP contribution in [-0.4, -0.2) is 22.4 Å². The molecule has 0 aromatic rings. The third-order valence-corrected chi connectivity index (χ3v) is 4.76. The minimum Gasteiger partial charge on any atom is -0.390 e. The van der Waals surface area contributed by atoms with Crippen LogP contribution in [0.2, 0.25) is 0 Å². The van der Waals surface area contributed by atoms with Crippen molar-refractivity contribution in [2.75, 3.05) is 0 Å². The molecule has 0 amide bonds. The van der Waals surface area contributed by atoms with Gasteiger partial charge in [-0.1, -0.05) is 20.8 Å². The van der Waals surface area contributed by atoms with Crippen molar-refractivity contribution in [3.05, 3.63) is 0 Å². The van der Waals surface area contributed by atoms with Gasteiger partial charge in [-0.2, -0.15) is 0 Å². The van der Waals surface area contributed by atoms with Crippen LogP contribution in [0.15, 0.2) is 0 Å². The van der Waals surface area contributed by atoms with Gasteiger partial charge in [0.05, 0.1) is 12.2 Å². The summed E-state index contributed by atoms with van der Waals surface area (Å²) in [6, 6.07) is 0. The van der Waals surface area contributed by atoms with Crippen LogP contribution < -0.4 is 0 Å². The maximum Gasteiger partial charge on any atom is 0.0860 e. The molecule has 1 unspecified atom stereocenters. The summed E-state index contributed by atoms with van der Waals surface area (Å²) < 4.78 is 0. The van der Waals surface area contributed by atoms with E-state index in [9.17, 15) is 10.2 Å². The number of aliphatic hydroxyl groups is 2. The van der Waals surface area contributed by atoms with Crippen LogP contribution in [-0.2, 0) is 0 Å². The highest BCUT2D eigenvalue weighted by molar-refractivity contribution is 5.14. The summed E-state index contributed by atoms with van der Waals surface area (Å²) in [4.78, 5) is 0. The molecule has 0 aliphatic heterocycles. The zero-order valence-corrected chi connectivity index (χ0v) is 8.04. The first-order valence-corrected chi connectivity index (χ1v) is 4.77. The van der Waals surface area contributed by atoms with E-state index >= 15 is 0 Å². The fourth-order valence-electron chi connectivity index (χ4n) is 3.29. The van der Waals surface area contributed by atoms with E-state index in [0.717, 1.165) is 12.8 Å². The largest absolute Gasteiger partial charge is 0.390 e. The molecule has 2 aliphatic carbocycles. The molecule has 2 fully saturated rings. The maximum atomic E-state index is 9.83. The first kappa shape index (κ1) is 8.52. The zero-order chi connectivity index (χ0) is 9.15. The van der Waals surface area contributed by atoms with Crippen LogP contribution in [0, 0.1) is 16.7 Å². The summed E-state index contributed by atoms with van der Waals surface area (Å²) in [7, 11) is 0. The van der Waals surface area contributed by atoms with Crippen molar-refractivity contribution in [1.82, 2.24) is 0 Å². The summed E-state index contributed by atoms with van der Waals surface area (Å²) in [5.74, 6) is 0.303. The van der Waals surface area contributed by atoms with Crippen molar-refractivity contribution in [1.29, 1.82) is 0 Å². The van der Waals surface area contributed by atoms with Crippen molar-refractivity contribution in [2.45, 2.75) is 45.8 Å². The Labute approximate surface area is 73.6 Å². The predicted molar refractivity (Wildman–Crippen MR) is 46.6 cm³/mol. The molecule has 0 aromatic heterocycles. The second-order valence-electron chi connectivity index (χ2n) is 5.22. The van der Waals surface area contributed by atoms with Gasteiger partial charge in [0, 0.05) is 5.41 Å². The Morgan fingerprint density at radius 3 is 2.00 bits per heavy atom. The standard InChI is InChI=1S/C10H18O2/c1-9(2)6-4-5-10(9,3)8(12)7(6)11/h6-8,11-12H,4-5H2,1-3H3/t6?,7-,8+,10+/m1/s1. The van der Waals surface area contributed by atoms with E-state index in [4.69, 9.17) is 0 Å². The Hall–Kier alpha value is -0.0800. The van der Waals surface area contributed by atoms with Crippen molar-refractivity contribution >= 4 is 0 Å². The minimum absolute atomic E-state index is 0.0584. The van der Waals surface area contributed by atoms with Crippen molar-refractivity contribution < 1.29 is 10.2 Å². The summed E-state index contributed by atoms with van der Waals surface area (Å²) >= 11 is 0. The molecule has 2 N–H and O–H groups in total. The van der Waals surface area contributed by atoms with E-state index < -0.39 is 12.2 Å². The van der Waals surface area contributed by atoms with Crippen LogP contribution in [0.25, 0.3) is 0 Å². The summed E-state index contributed by atoms with van der Waals surface area (Å²) in [5.41, 5.74) is 0.0446. The average molecular weight is 170 g/mol. The van der Waals surface area contributed by atoms with Crippen LogP contribution in [0.1, 0.15) is 33.6 Å². The summed E-state index contributed by atoms with van der Waals surface area (Å²) in [5, 5.41) is 19.6. The fourth-order valence-corrected chi connectivity index (χ4v) is 3.29. The topological polar surface area (TPSA) is 40.5 Å². The van der Waals surface area contributed by atoms with Crippen LogP contribution >= 0.6 is 0 Å². The Morgan fingerprint density at radius 2 is 1.75 bits per heavy atom.